The van der Waals surface area contributed by atoms with Crippen molar-refractivity contribution < 1.29 is 0 Å². The molecule has 0 saturated heterocycles. The second kappa shape index (κ2) is 2.78. The molecule has 0 saturated carbocycles. The molecule has 1 rings (SSSR count). The minimum absolute atomic E-state index is 0.230. The molecule has 0 aromatic rings. The summed E-state index contributed by atoms with van der Waals surface area (Å²) in [5, 5.41) is 0. The van der Waals surface area contributed by atoms with Gasteiger partial charge in [0.1, 0.15) is 0 Å². The standard InChI is InChI=1S/C8H12N2/c1-6-4-7(2)10-8(3)5-9-6/h4-5,8H,1-3H3. The smallest absolute Gasteiger partial charge is 0.0825 e. The molecule has 54 valence electrons. The van der Waals surface area contributed by atoms with Gasteiger partial charge in [-0.15, -0.1) is 0 Å². The van der Waals surface area contributed by atoms with E-state index in [0.717, 1.165) is 11.4 Å². The van der Waals surface area contributed by atoms with E-state index in [0.29, 0.717) is 0 Å². The van der Waals surface area contributed by atoms with Gasteiger partial charge in [-0.3, -0.25) is 9.98 Å². The van der Waals surface area contributed by atoms with Crippen LogP contribution in [0.2, 0.25) is 0 Å². The maximum Gasteiger partial charge on any atom is 0.0825 e. The SMILES string of the molecule is CC1=CC(C)=NC(C)C=N1. The van der Waals surface area contributed by atoms with E-state index in [4.69, 9.17) is 0 Å². The van der Waals surface area contributed by atoms with Gasteiger partial charge >= 0.3 is 0 Å². The summed E-state index contributed by atoms with van der Waals surface area (Å²) >= 11 is 0. The summed E-state index contributed by atoms with van der Waals surface area (Å²) in [6.07, 6.45) is 3.85. The van der Waals surface area contributed by atoms with Crippen molar-refractivity contribution in [3.8, 4) is 0 Å². The Bertz CT molecular complexity index is 211. The lowest BCUT2D eigenvalue weighted by Gasteiger charge is -1.94. The summed E-state index contributed by atoms with van der Waals surface area (Å²) in [7, 11) is 0. The van der Waals surface area contributed by atoms with Crippen LogP contribution in [0.1, 0.15) is 20.8 Å². The zero-order chi connectivity index (χ0) is 7.56. The van der Waals surface area contributed by atoms with E-state index in [1.165, 1.54) is 0 Å². The van der Waals surface area contributed by atoms with Crippen molar-refractivity contribution in [3.05, 3.63) is 11.8 Å². The van der Waals surface area contributed by atoms with Crippen molar-refractivity contribution in [3.63, 3.8) is 0 Å². The van der Waals surface area contributed by atoms with E-state index in [9.17, 15) is 0 Å². The first kappa shape index (κ1) is 7.19. The third-order valence-corrected chi connectivity index (χ3v) is 1.32. The Kier molecular flexibility index (Phi) is 2.00. The third kappa shape index (κ3) is 1.79. The Balaban J connectivity index is 2.88. The summed E-state index contributed by atoms with van der Waals surface area (Å²) < 4.78 is 0. The summed E-state index contributed by atoms with van der Waals surface area (Å²) in [6, 6.07) is 0.230. The molecule has 2 nitrogen and oxygen atoms in total. The lowest BCUT2D eigenvalue weighted by atomic mass is 10.3. The highest BCUT2D eigenvalue weighted by atomic mass is 14.8. The fourth-order valence-electron chi connectivity index (χ4n) is 0.957. The molecule has 0 aliphatic carbocycles. The van der Waals surface area contributed by atoms with Crippen LogP contribution in [-0.4, -0.2) is 18.0 Å². The highest BCUT2D eigenvalue weighted by Crippen LogP contribution is 2.01. The van der Waals surface area contributed by atoms with Gasteiger partial charge in [0.15, 0.2) is 0 Å². The summed E-state index contributed by atoms with van der Waals surface area (Å²) in [4.78, 5) is 8.49. The Morgan fingerprint density at radius 1 is 1.40 bits per heavy atom. The van der Waals surface area contributed by atoms with Gasteiger partial charge in [0.2, 0.25) is 0 Å². The van der Waals surface area contributed by atoms with Gasteiger partial charge in [-0.05, 0) is 26.8 Å². The lowest BCUT2D eigenvalue weighted by molar-refractivity contribution is 0.996. The molecule has 0 fully saturated rings. The van der Waals surface area contributed by atoms with Crippen molar-refractivity contribution in [2.75, 3.05) is 0 Å². The molecule has 1 aliphatic heterocycles. The molecule has 1 aliphatic rings. The van der Waals surface area contributed by atoms with Crippen LogP contribution in [0.3, 0.4) is 0 Å². The van der Waals surface area contributed by atoms with Gasteiger partial charge in [-0.25, -0.2) is 0 Å². The van der Waals surface area contributed by atoms with Crippen LogP contribution in [0.15, 0.2) is 21.8 Å². The monoisotopic (exact) mass is 136 g/mol. The molecule has 2 heteroatoms. The van der Waals surface area contributed by atoms with Crippen LogP contribution in [0.25, 0.3) is 0 Å². The van der Waals surface area contributed by atoms with E-state index in [2.05, 4.69) is 9.98 Å². The second-order valence-corrected chi connectivity index (χ2v) is 2.57. The van der Waals surface area contributed by atoms with E-state index < -0.39 is 0 Å². The van der Waals surface area contributed by atoms with Crippen LogP contribution in [-0.2, 0) is 0 Å². The van der Waals surface area contributed by atoms with Gasteiger partial charge in [0.25, 0.3) is 0 Å². The zero-order valence-electron chi connectivity index (χ0n) is 6.63. The molecule has 0 bridgehead atoms. The third-order valence-electron chi connectivity index (χ3n) is 1.32. The van der Waals surface area contributed by atoms with Crippen LogP contribution < -0.4 is 0 Å². The van der Waals surface area contributed by atoms with E-state index >= 15 is 0 Å². The number of nitrogens with zero attached hydrogens (tertiary/aromatic N) is 2. The highest BCUT2D eigenvalue weighted by Gasteiger charge is 1.98. The van der Waals surface area contributed by atoms with Gasteiger partial charge < -0.3 is 0 Å². The number of allylic oxidation sites excluding steroid dienone is 2. The quantitative estimate of drug-likeness (QED) is 0.485. The van der Waals surface area contributed by atoms with E-state index in [1.54, 1.807) is 0 Å². The average Bonchev–Trinajstić information content (AvgIpc) is 1.93. The molecule has 0 N–H and O–H groups in total. The van der Waals surface area contributed by atoms with Gasteiger partial charge in [0.05, 0.1) is 6.04 Å². The molecule has 10 heavy (non-hydrogen) atoms. The van der Waals surface area contributed by atoms with Gasteiger partial charge in [-0.1, -0.05) is 0 Å². The maximum atomic E-state index is 4.32. The highest BCUT2D eigenvalue weighted by molar-refractivity contribution is 5.95. The van der Waals surface area contributed by atoms with Gasteiger partial charge in [-0.2, -0.15) is 0 Å². The molecular weight excluding hydrogens is 124 g/mol. The van der Waals surface area contributed by atoms with Crippen LogP contribution >= 0.6 is 0 Å². The minimum Gasteiger partial charge on any atom is -0.281 e. The Morgan fingerprint density at radius 3 is 2.80 bits per heavy atom. The normalized spacial score (nSPS) is 25.3. The van der Waals surface area contributed by atoms with Crippen molar-refractivity contribution in [2.24, 2.45) is 9.98 Å². The average molecular weight is 136 g/mol. The fourth-order valence-corrected chi connectivity index (χ4v) is 0.957. The molecule has 0 radical (unpaired) electrons. The first-order valence-corrected chi connectivity index (χ1v) is 3.45. The van der Waals surface area contributed by atoms with Crippen molar-refractivity contribution in [1.29, 1.82) is 0 Å². The summed E-state index contributed by atoms with van der Waals surface area (Å²) in [6.45, 7) is 6.00. The molecular formula is C8H12N2. The molecule has 1 heterocycles. The Hall–Kier alpha value is -0.920. The van der Waals surface area contributed by atoms with Crippen molar-refractivity contribution in [1.82, 2.24) is 0 Å². The fraction of sp³-hybridized carbons (Fsp3) is 0.500. The lowest BCUT2D eigenvalue weighted by Crippen LogP contribution is -1.99. The molecule has 1 unspecified atom stereocenters. The van der Waals surface area contributed by atoms with E-state index in [1.807, 2.05) is 33.1 Å². The summed E-state index contributed by atoms with van der Waals surface area (Å²) in [5.41, 5.74) is 2.09. The second-order valence-electron chi connectivity index (χ2n) is 2.57. The summed E-state index contributed by atoms with van der Waals surface area (Å²) in [5.74, 6) is 0. The topological polar surface area (TPSA) is 24.7 Å². The van der Waals surface area contributed by atoms with Crippen molar-refractivity contribution in [2.45, 2.75) is 26.8 Å². The molecule has 0 amide bonds. The number of hydrogen-bond donors (Lipinski definition) is 0. The predicted molar refractivity (Wildman–Crippen MR) is 44.8 cm³/mol. The Labute approximate surface area is 61.4 Å². The van der Waals surface area contributed by atoms with Crippen LogP contribution in [0.4, 0.5) is 0 Å². The Morgan fingerprint density at radius 2 is 2.10 bits per heavy atom. The maximum absolute atomic E-state index is 4.32. The van der Waals surface area contributed by atoms with Crippen molar-refractivity contribution >= 4 is 11.9 Å². The molecule has 0 spiro atoms. The van der Waals surface area contributed by atoms with Crippen LogP contribution in [0.5, 0.6) is 0 Å². The number of rotatable bonds is 0. The number of hydrogen-bond acceptors (Lipinski definition) is 2. The zero-order valence-corrected chi connectivity index (χ0v) is 6.63. The first-order chi connectivity index (χ1) is 4.68. The predicted octanol–water partition coefficient (Wildman–Crippen LogP) is 1.82. The van der Waals surface area contributed by atoms with Crippen LogP contribution in [0, 0.1) is 0 Å². The largest absolute Gasteiger partial charge is 0.281 e. The van der Waals surface area contributed by atoms with Gasteiger partial charge in [0, 0.05) is 17.6 Å². The first-order valence-electron chi connectivity index (χ1n) is 3.45. The minimum atomic E-state index is 0.230. The molecule has 0 aromatic carbocycles. The molecule has 1 atom stereocenters. The van der Waals surface area contributed by atoms with E-state index in [-0.39, 0.29) is 6.04 Å². The molecule has 0 aromatic heterocycles. The number of aliphatic imine (C=N–C) groups is 2.